The topological polar surface area (TPSA) is 0 Å². The lowest BCUT2D eigenvalue weighted by molar-refractivity contribution is 0.457. The van der Waals surface area contributed by atoms with Crippen molar-refractivity contribution < 1.29 is 0 Å². The molecule has 0 saturated heterocycles. The molecule has 0 spiro atoms. The molecule has 0 aromatic rings. The Kier molecular flexibility index (Phi) is 6.03. The van der Waals surface area contributed by atoms with Gasteiger partial charge < -0.3 is 0 Å². The van der Waals surface area contributed by atoms with Gasteiger partial charge in [-0.25, -0.2) is 0 Å². The third-order valence-electron chi connectivity index (χ3n) is 1.86. The van der Waals surface area contributed by atoms with E-state index in [1.54, 1.807) is 0 Å². The van der Waals surface area contributed by atoms with Crippen LogP contribution in [0.5, 0.6) is 0 Å². The second kappa shape index (κ2) is 6.28. The first-order chi connectivity index (χ1) is 5.16. The van der Waals surface area contributed by atoms with E-state index >= 15 is 0 Å². The Bertz CT molecular complexity index is 134. The molecule has 0 fully saturated rings. The molecule has 0 rings (SSSR count). The Morgan fingerprint density at radius 1 is 1.09 bits per heavy atom. The summed E-state index contributed by atoms with van der Waals surface area (Å²) >= 11 is 0. The smallest absolute Gasteiger partial charge is 0.0114 e. The van der Waals surface area contributed by atoms with Gasteiger partial charge in [-0.05, 0) is 25.2 Å². The molecule has 1 atom stereocenters. The summed E-state index contributed by atoms with van der Waals surface area (Å²) in [5.74, 6) is 7.68. The second-order valence-electron chi connectivity index (χ2n) is 3.71. The molecule has 0 aliphatic rings. The van der Waals surface area contributed by atoms with Gasteiger partial charge in [0.25, 0.3) is 0 Å². The highest BCUT2D eigenvalue weighted by atomic mass is 14.1. The van der Waals surface area contributed by atoms with E-state index in [4.69, 9.17) is 0 Å². The molecule has 64 valence electrons. The number of rotatable bonds is 4. The Balaban J connectivity index is 3.34. The molecule has 11 heavy (non-hydrogen) atoms. The van der Waals surface area contributed by atoms with Crippen molar-refractivity contribution in [1.82, 2.24) is 0 Å². The first kappa shape index (κ1) is 10.6. The van der Waals surface area contributed by atoms with E-state index in [9.17, 15) is 0 Å². The van der Waals surface area contributed by atoms with E-state index in [2.05, 4.69) is 32.6 Å². The van der Waals surface area contributed by atoms with Gasteiger partial charge in [0.15, 0.2) is 0 Å². The van der Waals surface area contributed by atoms with Crippen molar-refractivity contribution in [3.8, 4) is 11.8 Å². The molecule has 1 unspecified atom stereocenters. The molecule has 0 heteroatoms. The van der Waals surface area contributed by atoms with Crippen LogP contribution in [0, 0.1) is 23.7 Å². The summed E-state index contributed by atoms with van der Waals surface area (Å²) in [6.45, 7) is 8.75. The minimum atomic E-state index is 0.782. The molecule has 0 heterocycles. The quantitative estimate of drug-likeness (QED) is 0.541. The summed E-state index contributed by atoms with van der Waals surface area (Å²) in [4.78, 5) is 0. The van der Waals surface area contributed by atoms with Gasteiger partial charge in [-0.15, -0.1) is 11.8 Å². The first-order valence-corrected chi connectivity index (χ1v) is 4.56. The van der Waals surface area contributed by atoms with E-state index in [-0.39, 0.29) is 0 Å². The number of hydrogen-bond donors (Lipinski definition) is 0. The lowest BCUT2D eigenvalue weighted by Gasteiger charge is -2.08. The van der Waals surface area contributed by atoms with Gasteiger partial charge in [0.05, 0.1) is 0 Å². The van der Waals surface area contributed by atoms with Crippen LogP contribution in [0.2, 0.25) is 0 Å². The van der Waals surface area contributed by atoms with Crippen LogP contribution in [0.25, 0.3) is 0 Å². The SMILES string of the molecule is CC#CCC(C)CCC(C)C. The van der Waals surface area contributed by atoms with E-state index in [1.165, 1.54) is 12.8 Å². The summed E-state index contributed by atoms with van der Waals surface area (Å²) in [7, 11) is 0. The monoisotopic (exact) mass is 152 g/mol. The fourth-order valence-corrected chi connectivity index (χ4v) is 0.996. The normalized spacial score (nSPS) is 12.5. The second-order valence-corrected chi connectivity index (χ2v) is 3.71. The van der Waals surface area contributed by atoms with E-state index in [1.807, 2.05) is 6.92 Å². The average molecular weight is 152 g/mol. The molecule has 0 radical (unpaired) electrons. The summed E-state index contributed by atoms with van der Waals surface area (Å²) < 4.78 is 0. The first-order valence-electron chi connectivity index (χ1n) is 4.56. The predicted octanol–water partition coefficient (Wildman–Crippen LogP) is 3.47. The zero-order valence-electron chi connectivity index (χ0n) is 8.28. The molecular formula is C11H20. The molecule has 0 aromatic heterocycles. The highest BCUT2D eigenvalue weighted by Gasteiger charge is 2.01. The maximum atomic E-state index is 3.12. The van der Waals surface area contributed by atoms with Crippen LogP contribution in [-0.2, 0) is 0 Å². The Morgan fingerprint density at radius 3 is 2.18 bits per heavy atom. The van der Waals surface area contributed by atoms with E-state index in [0.717, 1.165) is 18.3 Å². The molecule has 0 amide bonds. The summed E-state index contributed by atoms with van der Waals surface area (Å²) in [5, 5.41) is 0. The van der Waals surface area contributed by atoms with Gasteiger partial charge in [0.2, 0.25) is 0 Å². The highest BCUT2D eigenvalue weighted by molar-refractivity contribution is 4.95. The summed E-state index contributed by atoms with van der Waals surface area (Å²) in [5.41, 5.74) is 0. The molecule has 0 aromatic carbocycles. The maximum Gasteiger partial charge on any atom is 0.0114 e. The van der Waals surface area contributed by atoms with E-state index < -0.39 is 0 Å². The van der Waals surface area contributed by atoms with E-state index in [0.29, 0.717) is 0 Å². The lowest BCUT2D eigenvalue weighted by Crippen LogP contribution is -1.96. The average Bonchev–Trinajstić information content (AvgIpc) is 1.97. The van der Waals surface area contributed by atoms with Gasteiger partial charge in [0.1, 0.15) is 0 Å². The molecule has 0 nitrogen and oxygen atoms in total. The standard InChI is InChI=1S/C11H20/c1-5-6-7-11(4)9-8-10(2)3/h10-11H,7-9H2,1-4H3. The lowest BCUT2D eigenvalue weighted by atomic mass is 9.97. The molecule has 0 aliphatic heterocycles. The maximum absolute atomic E-state index is 3.12. The number of hydrogen-bond acceptors (Lipinski definition) is 0. The van der Waals surface area contributed by atoms with Gasteiger partial charge in [-0.2, -0.15) is 0 Å². The van der Waals surface area contributed by atoms with Crippen LogP contribution in [0.4, 0.5) is 0 Å². The van der Waals surface area contributed by atoms with Crippen LogP contribution >= 0.6 is 0 Å². The van der Waals surface area contributed by atoms with Crippen molar-refractivity contribution in [2.75, 3.05) is 0 Å². The summed E-state index contributed by atoms with van der Waals surface area (Å²) in [6.07, 6.45) is 3.74. The zero-order valence-corrected chi connectivity index (χ0v) is 8.28. The van der Waals surface area contributed by atoms with Crippen LogP contribution in [0.3, 0.4) is 0 Å². The van der Waals surface area contributed by atoms with Crippen molar-refractivity contribution in [2.45, 2.75) is 47.0 Å². The highest BCUT2D eigenvalue weighted by Crippen LogP contribution is 2.13. The zero-order chi connectivity index (χ0) is 8.69. The van der Waals surface area contributed by atoms with Crippen LogP contribution in [0.1, 0.15) is 47.0 Å². The van der Waals surface area contributed by atoms with Crippen molar-refractivity contribution in [1.29, 1.82) is 0 Å². The molecule has 0 saturated carbocycles. The van der Waals surface area contributed by atoms with Crippen molar-refractivity contribution in [3.05, 3.63) is 0 Å². The van der Waals surface area contributed by atoms with Gasteiger partial charge in [-0.3, -0.25) is 0 Å². The van der Waals surface area contributed by atoms with Crippen molar-refractivity contribution >= 4 is 0 Å². The Hall–Kier alpha value is -0.440. The predicted molar refractivity (Wildman–Crippen MR) is 51.3 cm³/mol. The van der Waals surface area contributed by atoms with Crippen molar-refractivity contribution in [2.24, 2.45) is 11.8 Å². The van der Waals surface area contributed by atoms with Crippen molar-refractivity contribution in [3.63, 3.8) is 0 Å². The largest absolute Gasteiger partial charge is 0.107 e. The Labute approximate surface area is 71.4 Å². The minimum absolute atomic E-state index is 0.782. The molecule has 0 bridgehead atoms. The molecule has 0 N–H and O–H groups in total. The van der Waals surface area contributed by atoms with Crippen LogP contribution in [-0.4, -0.2) is 0 Å². The fourth-order valence-electron chi connectivity index (χ4n) is 0.996. The third kappa shape index (κ3) is 7.46. The van der Waals surface area contributed by atoms with Crippen LogP contribution in [0.15, 0.2) is 0 Å². The minimum Gasteiger partial charge on any atom is -0.107 e. The van der Waals surface area contributed by atoms with Gasteiger partial charge in [0, 0.05) is 6.42 Å². The molecule has 0 aliphatic carbocycles. The van der Waals surface area contributed by atoms with Gasteiger partial charge >= 0.3 is 0 Å². The fraction of sp³-hybridized carbons (Fsp3) is 0.818. The Morgan fingerprint density at radius 2 is 1.73 bits per heavy atom. The van der Waals surface area contributed by atoms with Crippen LogP contribution < -0.4 is 0 Å². The molecular weight excluding hydrogens is 132 g/mol. The van der Waals surface area contributed by atoms with Gasteiger partial charge in [-0.1, -0.05) is 27.2 Å². The third-order valence-corrected chi connectivity index (χ3v) is 1.86. The summed E-state index contributed by atoms with van der Waals surface area (Å²) in [6, 6.07) is 0.